The van der Waals surface area contributed by atoms with Gasteiger partial charge in [0.05, 0.1) is 0 Å². The number of rotatable bonds is 6. The third-order valence-corrected chi connectivity index (χ3v) is 2.17. The first-order valence-electron chi connectivity index (χ1n) is 5.45. The maximum Gasteiger partial charge on any atom is 0.220 e. The van der Waals surface area contributed by atoms with Gasteiger partial charge in [0.25, 0.3) is 0 Å². The van der Waals surface area contributed by atoms with Crippen LogP contribution in [0.4, 0.5) is 0 Å². The van der Waals surface area contributed by atoms with Crippen molar-refractivity contribution in [2.75, 3.05) is 6.54 Å². The quantitative estimate of drug-likeness (QED) is 0.683. The highest BCUT2D eigenvalue weighted by atomic mass is 16.1. The Labute approximate surface area is 87.4 Å². The molecule has 3 nitrogen and oxygen atoms in total. The number of hydrogen-bond acceptors (Lipinski definition) is 2. The van der Waals surface area contributed by atoms with Crippen LogP contribution in [0.15, 0.2) is 0 Å². The highest BCUT2D eigenvalue weighted by Crippen LogP contribution is 2.05. The van der Waals surface area contributed by atoms with E-state index >= 15 is 0 Å². The fourth-order valence-corrected chi connectivity index (χ4v) is 1.50. The largest absolute Gasteiger partial charge is 0.354 e. The van der Waals surface area contributed by atoms with Crippen molar-refractivity contribution in [3.63, 3.8) is 0 Å². The summed E-state index contributed by atoms with van der Waals surface area (Å²) in [6.07, 6.45) is 1.57. The molecule has 84 valence electrons. The molecule has 0 saturated heterocycles. The normalized spacial score (nSPS) is 15.3. The first-order valence-corrected chi connectivity index (χ1v) is 5.45. The van der Waals surface area contributed by atoms with Gasteiger partial charge in [-0.1, -0.05) is 20.8 Å². The molecule has 0 aromatic rings. The van der Waals surface area contributed by atoms with Gasteiger partial charge in [-0.05, 0) is 31.7 Å². The monoisotopic (exact) mass is 200 g/mol. The van der Waals surface area contributed by atoms with Crippen LogP contribution < -0.4 is 11.1 Å². The molecule has 0 aromatic carbocycles. The number of amides is 1. The molecule has 3 heteroatoms. The van der Waals surface area contributed by atoms with Crippen LogP contribution in [0.1, 0.15) is 40.5 Å². The van der Waals surface area contributed by atoms with E-state index in [-0.39, 0.29) is 17.9 Å². The van der Waals surface area contributed by atoms with Crippen molar-refractivity contribution in [2.45, 2.75) is 46.6 Å². The third-order valence-electron chi connectivity index (χ3n) is 2.17. The van der Waals surface area contributed by atoms with Crippen molar-refractivity contribution in [3.8, 4) is 0 Å². The first kappa shape index (κ1) is 13.4. The topological polar surface area (TPSA) is 55.1 Å². The minimum atomic E-state index is 0.121. The molecule has 14 heavy (non-hydrogen) atoms. The standard InChI is InChI=1S/C11H24N2O/c1-8(2)5-10(4)13-11(14)6-9(3)7-12/h8-10H,5-7,12H2,1-4H3,(H,13,14). The van der Waals surface area contributed by atoms with E-state index in [2.05, 4.69) is 19.2 Å². The van der Waals surface area contributed by atoms with Gasteiger partial charge in [0.1, 0.15) is 0 Å². The molecule has 0 aromatic heterocycles. The van der Waals surface area contributed by atoms with E-state index in [4.69, 9.17) is 5.73 Å². The minimum absolute atomic E-state index is 0.121. The second kappa shape index (κ2) is 6.82. The predicted octanol–water partition coefficient (Wildman–Crippen LogP) is 1.52. The van der Waals surface area contributed by atoms with Gasteiger partial charge < -0.3 is 11.1 Å². The van der Waals surface area contributed by atoms with Gasteiger partial charge in [0.2, 0.25) is 5.91 Å². The number of carbonyl (C=O) groups excluding carboxylic acids is 1. The van der Waals surface area contributed by atoms with E-state index in [1.54, 1.807) is 0 Å². The summed E-state index contributed by atoms with van der Waals surface area (Å²) in [7, 11) is 0. The average Bonchev–Trinajstić information content (AvgIpc) is 2.01. The molecule has 0 aliphatic heterocycles. The number of nitrogens with two attached hydrogens (primary N) is 1. The van der Waals surface area contributed by atoms with E-state index in [9.17, 15) is 4.79 Å². The van der Waals surface area contributed by atoms with Crippen LogP contribution in [-0.2, 0) is 4.79 Å². The van der Waals surface area contributed by atoms with E-state index in [1.807, 2.05) is 13.8 Å². The second-order valence-electron chi connectivity index (χ2n) is 4.64. The van der Waals surface area contributed by atoms with Crippen molar-refractivity contribution in [1.82, 2.24) is 5.32 Å². The van der Waals surface area contributed by atoms with E-state index < -0.39 is 0 Å². The Balaban J connectivity index is 3.71. The maximum atomic E-state index is 11.4. The minimum Gasteiger partial charge on any atom is -0.354 e. The van der Waals surface area contributed by atoms with E-state index in [0.29, 0.717) is 18.9 Å². The van der Waals surface area contributed by atoms with E-state index in [1.165, 1.54) is 0 Å². The Bertz CT molecular complexity index is 169. The summed E-state index contributed by atoms with van der Waals surface area (Å²) in [5, 5.41) is 2.98. The van der Waals surface area contributed by atoms with E-state index in [0.717, 1.165) is 6.42 Å². The predicted molar refractivity (Wildman–Crippen MR) is 59.9 cm³/mol. The zero-order valence-electron chi connectivity index (χ0n) is 9.84. The van der Waals surface area contributed by atoms with Gasteiger partial charge in [0.15, 0.2) is 0 Å². The molecule has 0 aliphatic rings. The number of nitrogens with one attached hydrogen (secondary N) is 1. The molecule has 0 rings (SSSR count). The van der Waals surface area contributed by atoms with Crippen LogP contribution in [0.25, 0.3) is 0 Å². The molecule has 0 heterocycles. The second-order valence-corrected chi connectivity index (χ2v) is 4.64. The highest BCUT2D eigenvalue weighted by molar-refractivity contribution is 5.76. The first-order chi connectivity index (χ1) is 6.45. The summed E-state index contributed by atoms with van der Waals surface area (Å²) in [5.41, 5.74) is 5.45. The van der Waals surface area contributed by atoms with Gasteiger partial charge in [-0.15, -0.1) is 0 Å². The lowest BCUT2D eigenvalue weighted by molar-refractivity contribution is -0.122. The average molecular weight is 200 g/mol. The molecule has 0 radical (unpaired) electrons. The number of carbonyl (C=O) groups is 1. The molecule has 0 saturated carbocycles. The van der Waals surface area contributed by atoms with Crippen LogP contribution in [0.2, 0.25) is 0 Å². The Morgan fingerprint density at radius 3 is 2.29 bits per heavy atom. The molecule has 0 bridgehead atoms. The van der Waals surface area contributed by atoms with Gasteiger partial charge in [-0.2, -0.15) is 0 Å². The molecule has 1 amide bonds. The lowest BCUT2D eigenvalue weighted by Gasteiger charge is -2.17. The molecular formula is C11H24N2O. The van der Waals surface area contributed by atoms with Crippen molar-refractivity contribution in [3.05, 3.63) is 0 Å². The molecule has 2 atom stereocenters. The lowest BCUT2D eigenvalue weighted by atomic mass is 10.0. The summed E-state index contributed by atoms with van der Waals surface area (Å²) in [4.78, 5) is 11.4. The fourth-order valence-electron chi connectivity index (χ4n) is 1.50. The zero-order valence-corrected chi connectivity index (χ0v) is 9.84. The SMILES string of the molecule is CC(C)CC(C)NC(=O)CC(C)CN. The smallest absolute Gasteiger partial charge is 0.220 e. The Morgan fingerprint density at radius 1 is 1.29 bits per heavy atom. The highest BCUT2D eigenvalue weighted by Gasteiger charge is 2.11. The lowest BCUT2D eigenvalue weighted by Crippen LogP contribution is -2.35. The van der Waals surface area contributed by atoms with Crippen LogP contribution in [0, 0.1) is 11.8 Å². The molecule has 0 aliphatic carbocycles. The van der Waals surface area contributed by atoms with Crippen molar-refractivity contribution in [1.29, 1.82) is 0 Å². The molecule has 0 spiro atoms. The summed E-state index contributed by atoms with van der Waals surface area (Å²) in [6.45, 7) is 8.93. The molecule has 0 fully saturated rings. The van der Waals surface area contributed by atoms with Gasteiger partial charge in [-0.25, -0.2) is 0 Å². The van der Waals surface area contributed by atoms with Crippen LogP contribution in [-0.4, -0.2) is 18.5 Å². The Hall–Kier alpha value is -0.570. The molecule has 2 unspecified atom stereocenters. The molecular weight excluding hydrogens is 176 g/mol. The van der Waals surface area contributed by atoms with Crippen molar-refractivity contribution < 1.29 is 4.79 Å². The number of hydrogen-bond donors (Lipinski definition) is 2. The van der Waals surface area contributed by atoms with Gasteiger partial charge in [-0.3, -0.25) is 4.79 Å². The summed E-state index contributed by atoms with van der Waals surface area (Å²) in [6, 6.07) is 0.271. The van der Waals surface area contributed by atoms with Crippen LogP contribution in [0.3, 0.4) is 0 Å². The summed E-state index contributed by atoms with van der Waals surface area (Å²) >= 11 is 0. The van der Waals surface area contributed by atoms with Crippen LogP contribution >= 0.6 is 0 Å². The summed E-state index contributed by atoms with van der Waals surface area (Å²) in [5.74, 6) is 1.02. The summed E-state index contributed by atoms with van der Waals surface area (Å²) < 4.78 is 0. The Morgan fingerprint density at radius 2 is 1.86 bits per heavy atom. The fraction of sp³-hybridized carbons (Fsp3) is 0.909. The third kappa shape index (κ3) is 6.89. The van der Waals surface area contributed by atoms with Crippen molar-refractivity contribution >= 4 is 5.91 Å². The van der Waals surface area contributed by atoms with Gasteiger partial charge >= 0.3 is 0 Å². The molecule has 3 N–H and O–H groups in total. The Kier molecular flexibility index (Phi) is 6.54. The maximum absolute atomic E-state index is 11.4. The van der Waals surface area contributed by atoms with Crippen molar-refractivity contribution in [2.24, 2.45) is 17.6 Å². The van der Waals surface area contributed by atoms with Crippen LogP contribution in [0.5, 0.6) is 0 Å². The van der Waals surface area contributed by atoms with Gasteiger partial charge in [0, 0.05) is 12.5 Å². The zero-order chi connectivity index (χ0) is 11.1.